The van der Waals surface area contributed by atoms with E-state index in [1.54, 1.807) is 29.2 Å². The average Bonchev–Trinajstić information content (AvgIpc) is 2.62. The lowest BCUT2D eigenvalue weighted by Gasteiger charge is -2.34. The second-order valence-electron chi connectivity index (χ2n) is 5.52. The topological polar surface area (TPSA) is 70.6 Å². The maximum Gasteiger partial charge on any atom is 0.255 e. The van der Waals surface area contributed by atoms with Gasteiger partial charge in [0.05, 0.1) is 10.5 Å². The first-order valence-corrected chi connectivity index (χ1v) is 9.74. The molecule has 6 nitrogen and oxygen atoms in total. The molecular formula is C16H15Cl2N3O3S. The predicted molar refractivity (Wildman–Crippen MR) is 95.4 cm³/mol. The molecule has 25 heavy (non-hydrogen) atoms. The Morgan fingerprint density at radius 1 is 1.04 bits per heavy atom. The van der Waals surface area contributed by atoms with Gasteiger partial charge >= 0.3 is 0 Å². The molecule has 2 aromatic rings. The number of nitrogens with zero attached hydrogens (tertiary/aromatic N) is 3. The van der Waals surface area contributed by atoms with E-state index in [0.29, 0.717) is 28.8 Å². The van der Waals surface area contributed by atoms with Crippen LogP contribution in [0.4, 0.5) is 0 Å². The Morgan fingerprint density at radius 3 is 2.36 bits per heavy atom. The Kier molecular flexibility index (Phi) is 5.29. The molecule has 1 aromatic heterocycles. The van der Waals surface area contributed by atoms with Crippen LogP contribution in [0.15, 0.2) is 47.5 Å². The summed E-state index contributed by atoms with van der Waals surface area (Å²) in [5.41, 5.74) is 0.426. The number of hydrogen-bond acceptors (Lipinski definition) is 4. The Labute approximate surface area is 156 Å². The lowest BCUT2D eigenvalue weighted by molar-refractivity contribution is 0.0697. The van der Waals surface area contributed by atoms with Gasteiger partial charge in [0.2, 0.25) is 10.0 Å². The van der Waals surface area contributed by atoms with Gasteiger partial charge < -0.3 is 4.90 Å². The molecule has 0 bridgehead atoms. The van der Waals surface area contributed by atoms with Gasteiger partial charge in [0, 0.05) is 37.4 Å². The first-order valence-electron chi connectivity index (χ1n) is 7.54. The van der Waals surface area contributed by atoms with Crippen molar-refractivity contribution in [2.75, 3.05) is 26.2 Å². The summed E-state index contributed by atoms with van der Waals surface area (Å²) in [4.78, 5) is 18.1. The number of rotatable bonds is 3. The van der Waals surface area contributed by atoms with Gasteiger partial charge in [-0.05, 0) is 30.3 Å². The third-order valence-corrected chi connectivity index (χ3v) is 6.29. The fourth-order valence-electron chi connectivity index (χ4n) is 2.59. The monoisotopic (exact) mass is 399 g/mol. The van der Waals surface area contributed by atoms with Crippen LogP contribution in [0, 0.1) is 0 Å². The number of halogens is 2. The van der Waals surface area contributed by atoms with Crippen molar-refractivity contribution in [3.05, 3.63) is 58.3 Å². The van der Waals surface area contributed by atoms with Crippen molar-refractivity contribution in [2.45, 2.75) is 4.90 Å². The Morgan fingerprint density at radius 2 is 1.76 bits per heavy atom. The summed E-state index contributed by atoms with van der Waals surface area (Å²) in [7, 11) is -3.62. The molecule has 1 aliphatic rings. The molecule has 132 valence electrons. The van der Waals surface area contributed by atoms with Gasteiger partial charge in [-0.3, -0.25) is 4.79 Å². The van der Waals surface area contributed by atoms with Crippen molar-refractivity contribution < 1.29 is 13.2 Å². The predicted octanol–water partition coefficient (Wildman–Crippen LogP) is 2.54. The minimum atomic E-state index is -3.62. The molecule has 0 atom stereocenters. The van der Waals surface area contributed by atoms with E-state index in [1.807, 2.05) is 0 Å². The summed E-state index contributed by atoms with van der Waals surface area (Å²) >= 11 is 11.6. The highest BCUT2D eigenvalue weighted by molar-refractivity contribution is 7.89. The second-order valence-corrected chi connectivity index (χ2v) is 8.28. The molecule has 0 aliphatic carbocycles. The number of hydrogen-bond donors (Lipinski definition) is 0. The number of carbonyl (C=O) groups excluding carboxylic acids is 1. The quantitative estimate of drug-likeness (QED) is 0.743. The van der Waals surface area contributed by atoms with Crippen molar-refractivity contribution in [1.82, 2.24) is 14.2 Å². The van der Waals surface area contributed by atoms with E-state index >= 15 is 0 Å². The lowest BCUT2D eigenvalue weighted by atomic mass is 10.2. The van der Waals surface area contributed by atoms with Crippen molar-refractivity contribution >= 4 is 39.1 Å². The number of carbonyl (C=O) groups is 1. The standard InChI is InChI=1S/C16H15Cl2N3O3S/c17-13-2-1-3-14(10-13)25(23,24)21-8-6-20(7-9-21)16(22)12-4-5-15(18)19-11-12/h1-5,10-11H,6-9H2. The van der Waals surface area contributed by atoms with E-state index in [9.17, 15) is 13.2 Å². The van der Waals surface area contributed by atoms with Crippen LogP contribution in [0.3, 0.4) is 0 Å². The maximum atomic E-state index is 12.7. The van der Waals surface area contributed by atoms with E-state index < -0.39 is 10.0 Å². The number of piperazine rings is 1. The molecule has 0 unspecified atom stereocenters. The second kappa shape index (κ2) is 7.29. The fraction of sp³-hybridized carbons (Fsp3) is 0.250. The van der Waals surface area contributed by atoms with E-state index in [2.05, 4.69) is 4.98 Å². The summed E-state index contributed by atoms with van der Waals surface area (Å²) in [6, 6.07) is 9.31. The molecule has 1 aromatic carbocycles. The van der Waals surface area contributed by atoms with E-state index in [-0.39, 0.29) is 23.9 Å². The molecule has 0 saturated carbocycles. The summed E-state index contributed by atoms with van der Waals surface area (Å²) in [6.45, 7) is 1.06. The van der Waals surface area contributed by atoms with Gasteiger partial charge in [-0.15, -0.1) is 0 Å². The SMILES string of the molecule is O=C(c1ccc(Cl)nc1)N1CCN(S(=O)(=O)c2cccc(Cl)c2)CC1. The van der Waals surface area contributed by atoms with Gasteiger partial charge in [0.15, 0.2) is 0 Å². The number of amides is 1. The van der Waals surface area contributed by atoms with Crippen LogP contribution >= 0.6 is 23.2 Å². The molecule has 2 heterocycles. The van der Waals surface area contributed by atoms with Gasteiger partial charge in [0.1, 0.15) is 5.15 Å². The van der Waals surface area contributed by atoms with Crippen LogP contribution < -0.4 is 0 Å². The molecule has 0 spiro atoms. The van der Waals surface area contributed by atoms with E-state index in [0.717, 1.165) is 0 Å². The summed E-state index contributed by atoms with van der Waals surface area (Å²) in [5.74, 6) is -0.191. The third-order valence-electron chi connectivity index (χ3n) is 3.93. The van der Waals surface area contributed by atoms with Crippen LogP contribution in [0.2, 0.25) is 10.2 Å². The fourth-order valence-corrected chi connectivity index (χ4v) is 4.43. The lowest BCUT2D eigenvalue weighted by Crippen LogP contribution is -2.50. The molecule has 1 aliphatic heterocycles. The first-order chi connectivity index (χ1) is 11.9. The molecule has 3 rings (SSSR count). The maximum absolute atomic E-state index is 12.7. The number of pyridine rings is 1. The van der Waals surface area contributed by atoms with Crippen molar-refractivity contribution in [1.29, 1.82) is 0 Å². The van der Waals surface area contributed by atoms with Gasteiger partial charge in [-0.2, -0.15) is 4.31 Å². The van der Waals surface area contributed by atoms with E-state index in [4.69, 9.17) is 23.2 Å². The smallest absolute Gasteiger partial charge is 0.255 e. The van der Waals surface area contributed by atoms with Crippen LogP contribution in [-0.2, 0) is 10.0 Å². The highest BCUT2D eigenvalue weighted by atomic mass is 35.5. The van der Waals surface area contributed by atoms with Crippen molar-refractivity contribution in [2.24, 2.45) is 0 Å². The molecule has 0 radical (unpaired) electrons. The average molecular weight is 400 g/mol. The van der Waals surface area contributed by atoms with E-state index in [1.165, 1.54) is 22.6 Å². The largest absolute Gasteiger partial charge is 0.336 e. The zero-order valence-electron chi connectivity index (χ0n) is 13.1. The number of sulfonamides is 1. The molecule has 9 heteroatoms. The zero-order chi connectivity index (χ0) is 18.0. The highest BCUT2D eigenvalue weighted by Gasteiger charge is 2.30. The first kappa shape index (κ1) is 18.1. The van der Waals surface area contributed by atoms with Crippen molar-refractivity contribution in [3.63, 3.8) is 0 Å². The summed E-state index contributed by atoms with van der Waals surface area (Å²) in [5, 5.41) is 0.680. The Hall–Kier alpha value is -1.67. The van der Waals surface area contributed by atoms with Gasteiger partial charge in [0.25, 0.3) is 5.91 Å². The zero-order valence-corrected chi connectivity index (χ0v) is 15.4. The number of benzene rings is 1. The molecule has 1 saturated heterocycles. The van der Waals surface area contributed by atoms with Gasteiger partial charge in [-0.25, -0.2) is 13.4 Å². The van der Waals surface area contributed by atoms with Crippen LogP contribution in [-0.4, -0.2) is 54.7 Å². The molecule has 1 fully saturated rings. The number of aromatic nitrogens is 1. The minimum absolute atomic E-state index is 0.154. The normalized spacial score (nSPS) is 16.0. The minimum Gasteiger partial charge on any atom is -0.336 e. The summed E-state index contributed by atoms with van der Waals surface area (Å²) in [6.07, 6.45) is 1.42. The Bertz CT molecular complexity index is 880. The summed E-state index contributed by atoms with van der Waals surface area (Å²) < 4.78 is 26.7. The van der Waals surface area contributed by atoms with Crippen LogP contribution in [0.25, 0.3) is 0 Å². The van der Waals surface area contributed by atoms with Crippen molar-refractivity contribution in [3.8, 4) is 0 Å². The molecular weight excluding hydrogens is 385 g/mol. The Balaban J connectivity index is 1.69. The van der Waals surface area contributed by atoms with Crippen LogP contribution in [0.1, 0.15) is 10.4 Å². The molecule has 1 amide bonds. The van der Waals surface area contributed by atoms with Gasteiger partial charge in [-0.1, -0.05) is 29.3 Å². The molecule has 0 N–H and O–H groups in total. The highest BCUT2D eigenvalue weighted by Crippen LogP contribution is 2.21. The third kappa shape index (κ3) is 3.95. The van der Waals surface area contributed by atoms with Crippen LogP contribution in [0.5, 0.6) is 0 Å².